The van der Waals surface area contributed by atoms with E-state index in [1.54, 1.807) is 0 Å². The minimum atomic E-state index is -0.642. The molecule has 0 fully saturated rings. The molecule has 1 heterocycles. The van der Waals surface area contributed by atoms with Crippen molar-refractivity contribution >= 4 is 0 Å². The van der Waals surface area contributed by atoms with Gasteiger partial charge in [0.25, 0.3) is 0 Å². The van der Waals surface area contributed by atoms with Crippen LogP contribution in [0.4, 0.5) is 0 Å². The molecular weight excluding hydrogens is 677 g/mol. The molecule has 2 unspecified atom stereocenters. The van der Waals surface area contributed by atoms with Gasteiger partial charge in [-0.2, -0.15) is 0 Å². The zero-order valence-corrected chi connectivity index (χ0v) is 30.7. The molecule has 0 aliphatic heterocycles. The Labute approximate surface area is 327 Å². The molecule has 8 aromatic carbocycles. The van der Waals surface area contributed by atoms with Crippen molar-refractivity contribution in [2.75, 3.05) is 0 Å². The first kappa shape index (κ1) is 32.3. The standard InChI is InChI=1S/C54H36N2/c1-5-19-37(20-6-1)49-36-50(56-52(55-49)38-21-7-2-8-22-38)39-23-17-28-42(35-39)53(40-24-9-3-10-25-40)46-32-15-16-33-47(46)54(41-26-11-4-12-27-41)45-31-14-13-29-43(45)44-30-18-34-48(53)51(44)54/h1-36H. The third-order valence-corrected chi connectivity index (χ3v) is 12.0. The molecule has 262 valence electrons. The van der Waals surface area contributed by atoms with Gasteiger partial charge in [-0.15, -0.1) is 0 Å². The van der Waals surface area contributed by atoms with Gasteiger partial charge in [0.05, 0.1) is 22.2 Å². The van der Waals surface area contributed by atoms with Gasteiger partial charge in [-0.1, -0.05) is 206 Å². The zero-order valence-electron chi connectivity index (χ0n) is 30.7. The topological polar surface area (TPSA) is 25.8 Å². The van der Waals surface area contributed by atoms with Gasteiger partial charge < -0.3 is 0 Å². The third kappa shape index (κ3) is 4.56. The molecule has 1 aromatic heterocycles. The summed E-state index contributed by atoms with van der Waals surface area (Å²) in [7, 11) is 0. The molecule has 2 heteroatoms. The van der Waals surface area contributed by atoms with Crippen LogP contribution in [0.3, 0.4) is 0 Å². The zero-order chi connectivity index (χ0) is 37.1. The van der Waals surface area contributed by atoms with Gasteiger partial charge in [-0.25, -0.2) is 9.97 Å². The predicted molar refractivity (Wildman–Crippen MR) is 228 cm³/mol. The fourth-order valence-electron chi connectivity index (χ4n) is 9.84. The van der Waals surface area contributed by atoms with Gasteiger partial charge in [-0.05, 0) is 67.8 Å². The molecule has 9 aromatic rings. The van der Waals surface area contributed by atoms with Crippen molar-refractivity contribution in [2.45, 2.75) is 10.8 Å². The Morgan fingerprint density at radius 2 is 0.732 bits per heavy atom. The fraction of sp³-hybridized carbons (Fsp3) is 0.0370. The van der Waals surface area contributed by atoms with E-state index in [-0.39, 0.29) is 0 Å². The quantitative estimate of drug-likeness (QED) is 0.172. The minimum absolute atomic E-state index is 0.488. The second kappa shape index (κ2) is 12.7. The smallest absolute Gasteiger partial charge is 0.160 e. The van der Waals surface area contributed by atoms with Gasteiger partial charge in [0.1, 0.15) is 0 Å². The van der Waals surface area contributed by atoms with Crippen LogP contribution in [0.5, 0.6) is 0 Å². The molecule has 0 N–H and O–H groups in total. The highest BCUT2D eigenvalue weighted by Gasteiger charge is 2.57. The Bertz CT molecular complexity index is 2850. The van der Waals surface area contributed by atoms with Gasteiger partial charge in [0.2, 0.25) is 0 Å². The first-order valence-corrected chi connectivity index (χ1v) is 19.3. The Morgan fingerprint density at radius 1 is 0.286 bits per heavy atom. The van der Waals surface area contributed by atoms with E-state index in [0.717, 1.165) is 28.1 Å². The first-order chi connectivity index (χ1) is 27.8. The SMILES string of the molecule is c1ccc(-c2cc(-c3cccc(C4(c5ccccc5)c5ccccc5C5(c6ccccc6)c6ccccc6-c6cccc4c65)c3)nc(-c3ccccc3)n2)cc1. The highest BCUT2D eigenvalue weighted by molar-refractivity contribution is 5.92. The van der Waals surface area contributed by atoms with Crippen LogP contribution in [0.2, 0.25) is 0 Å². The van der Waals surface area contributed by atoms with Crippen LogP contribution < -0.4 is 0 Å². The summed E-state index contributed by atoms with van der Waals surface area (Å²) in [5, 5.41) is 0. The fourth-order valence-corrected chi connectivity index (χ4v) is 9.84. The van der Waals surface area contributed by atoms with Crippen LogP contribution >= 0.6 is 0 Å². The van der Waals surface area contributed by atoms with E-state index in [4.69, 9.17) is 9.97 Å². The van der Waals surface area contributed by atoms with Crippen LogP contribution in [-0.2, 0) is 10.8 Å². The Kier molecular flexibility index (Phi) is 7.33. The number of fused-ring (bicyclic) bond motifs is 5. The molecule has 0 radical (unpaired) electrons. The maximum Gasteiger partial charge on any atom is 0.160 e. The molecular formula is C54H36N2. The molecule has 2 aliphatic rings. The summed E-state index contributed by atoms with van der Waals surface area (Å²) in [6.07, 6.45) is 0. The molecule has 2 nitrogen and oxygen atoms in total. The van der Waals surface area contributed by atoms with E-state index >= 15 is 0 Å². The van der Waals surface area contributed by atoms with E-state index in [0.29, 0.717) is 5.82 Å². The van der Waals surface area contributed by atoms with Crippen molar-refractivity contribution in [1.82, 2.24) is 9.97 Å². The van der Waals surface area contributed by atoms with E-state index in [1.165, 1.54) is 55.6 Å². The highest BCUT2D eigenvalue weighted by atomic mass is 14.9. The maximum absolute atomic E-state index is 5.27. The van der Waals surface area contributed by atoms with Crippen molar-refractivity contribution < 1.29 is 0 Å². The van der Waals surface area contributed by atoms with Crippen LogP contribution in [0, 0.1) is 0 Å². The monoisotopic (exact) mass is 712 g/mol. The summed E-state index contributed by atoms with van der Waals surface area (Å²) in [6.45, 7) is 0. The summed E-state index contributed by atoms with van der Waals surface area (Å²) < 4.78 is 0. The van der Waals surface area contributed by atoms with E-state index in [2.05, 4.69) is 194 Å². The number of benzene rings is 8. The summed E-state index contributed by atoms with van der Waals surface area (Å²) in [5.74, 6) is 0.708. The Morgan fingerprint density at radius 3 is 1.41 bits per heavy atom. The Balaban J connectivity index is 1.23. The predicted octanol–water partition coefficient (Wildman–Crippen LogP) is 12.5. The van der Waals surface area contributed by atoms with E-state index < -0.39 is 10.8 Å². The number of nitrogens with zero attached hydrogens (tertiary/aromatic N) is 2. The molecule has 0 bridgehead atoms. The van der Waals surface area contributed by atoms with Crippen molar-refractivity contribution in [3.8, 4) is 45.0 Å². The second-order valence-electron chi connectivity index (χ2n) is 14.8. The van der Waals surface area contributed by atoms with Crippen molar-refractivity contribution in [3.63, 3.8) is 0 Å². The molecule has 2 aliphatic carbocycles. The molecule has 0 amide bonds. The largest absolute Gasteiger partial charge is 0.228 e. The number of hydrogen-bond acceptors (Lipinski definition) is 2. The number of rotatable bonds is 6. The summed E-state index contributed by atoms with van der Waals surface area (Å²) >= 11 is 0. The lowest BCUT2D eigenvalue weighted by atomic mass is 9.51. The molecule has 0 saturated heterocycles. The van der Waals surface area contributed by atoms with Crippen LogP contribution in [0.1, 0.15) is 44.5 Å². The van der Waals surface area contributed by atoms with E-state index in [1.807, 2.05) is 24.3 Å². The minimum Gasteiger partial charge on any atom is -0.228 e. The second-order valence-corrected chi connectivity index (χ2v) is 14.8. The lowest BCUT2D eigenvalue weighted by Gasteiger charge is -2.49. The molecule has 2 atom stereocenters. The van der Waals surface area contributed by atoms with E-state index in [9.17, 15) is 0 Å². The summed E-state index contributed by atoms with van der Waals surface area (Å²) in [4.78, 5) is 10.4. The molecule has 56 heavy (non-hydrogen) atoms. The lowest BCUT2D eigenvalue weighted by molar-refractivity contribution is 0.627. The number of hydrogen-bond donors (Lipinski definition) is 0. The van der Waals surface area contributed by atoms with Crippen molar-refractivity contribution in [2.24, 2.45) is 0 Å². The van der Waals surface area contributed by atoms with Gasteiger partial charge in [0.15, 0.2) is 5.82 Å². The highest BCUT2D eigenvalue weighted by Crippen LogP contribution is 2.65. The van der Waals surface area contributed by atoms with Crippen molar-refractivity contribution in [1.29, 1.82) is 0 Å². The van der Waals surface area contributed by atoms with Gasteiger partial charge in [0, 0.05) is 16.7 Å². The molecule has 0 saturated carbocycles. The Hall–Kier alpha value is -7.16. The van der Waals surface area contributed by atoms with Crippen LogP contribution in [0.15, 0.2) is 218 Å². The summed E-state index contributed by atoms with van der Waals surface area (Å²) in [6, 6.07) is 79.5. The summed E-state index contributed by atoms with van der Waals surface area (Å²) in [5.41, 5.74) is 16.6. The average molecular weight is 713 g/mol. The number of aromatic nitrogens is 2. The van der Waals surface area contributed by atoms with Gasteiger partial charge in [-0.3, -0.25) is 0 Å². The lowest BCUT2D eigenvalue weighted by Crippen LogP contribution is -2.44. The first-order valence-electron chi connectivity index (χ1n) is 19.3. The molecule has 11 rings (SSSR count). The van der Waals surface area contributed by atoms with Crippen LogP contribution in [-0.4, -0.2) is 9.97 Å². The van der Waals surface area contributed by atoms with Crippen LogP contribution in [0.25, 0.3) is 45.0 Å². The average Bonchev–Trinajstić information content (AvgIpc) is 3.60. The maximum atomic E-state index is 5.27. The van der Waals surface area contributed by atoms with Gasteiger partial charge >= 0.3 is 0 Å². The normalized spacial score (nSPS) is 17.4. The third-order valence-electron chi connectivity index (χ3n) is 12.0. The van der Waals surface area contributed by atoms with Crippen molar-refractivity contribution in [3.05, 3.63) is 263 Å². The molecule has 0 spiro atoms.